The zero-order valence-corrected chi connectivity index (χ0v) is 19.4. The molecule has 4 rings (SSSR count). The number of carbonyl (C=O) groups excluding carboxylic acids is 3. The van der Waals surface area contributed by atoms with E-state index in [-0.39, 0.29) is 36.7 Å². The van der Waals surface area contributed by atoms with Gasteiger partial charge >= 0.3 is 5.97 Å². The van der Waals surface area contributed by atoms with Gasteiger partial charge in [0.2, 0.25) is 11.8 Å². The molecule has 2 atom stereocenters. The van der Waals surface area contributed by atoms with Crippen LogP contribution in [-0.2, 0) is 25.5 Å². The summed E-state index contributed by atoms with van der Waals surface area (Å²) in [5.41, 5.74) is 2.42. The number of anilines is 2. The normalized spacial score (nSPS) is 18.1. The third-order valence-corrected chi connectivity index (χ3v) is 6.97. The van der Waals surface area contributed by atoms with Crippen molar-refractivity contribution in [2.45, 2.75) is 32.7 Å². The molecule has 0 radical (unpaired) electrons. The van der Waals surface area contributed by atoms with E-state index in [1.807, 2.05) is 48.7 Å². The molecule has 0 aliphatic carbocycles. The van der Waals surface area contributed by atoms with Crippen LogP contribution in [0.4, 0.5) is 10.8 Å². The van der Waals surface area contributed by atoms with Gasteiger partial charge in [0.15, 0.2) is 5.13 Å². The highest BCUT2D eigenvalue weighted by Gasteiger charge is 2.46. The Morgan fingerprint density at radius 2 is 2.00 bits per heavy atom. The minimum atomic E-state index is -0.556. The van der Waals surface area contributed by atoms with Crippen LogP contribution in [0.25, 0.3) is 0 Å². The number of benzene rings is 1. The largest absolute Gasteiger partial charge is 0.466 e. The molecule has 7 nitrogen and oxygen atoms in total. The second kappa shape index (κ2) is 9.62. The maximum atomic E-state index is 13.2. The van der Waals surface area contributed by atoms with Crippen LogP contribution in [0.1, 0.15) is 35.5 Å². The molecule has 0 bridgehead atoms. The monoisotopic (exact) mass is 469 g/mol. The summed E-state index contributed by atoms with van der Waals surface area (Å²) in [5, 5.41) is 6.92. The van der Waals surface area contributed by atoms with Gasteiger partial charge in [-0.3, -0.25) is 14.4 Å². The number of thiazole rings is 1. The Morgan fingerprint density at radius 3 is 2.69 bits per heavy atom. The molecule has 1 aliphatic rings. The fourth-order valence-corrected chi connectivity index (χ4v) is 5.36. The van der Waals surface area contributed by atoms with E-state index in [0.717, 1.165) is 16.1 Å². The summed E-state index contributed by atoms with van der Waals surface area (Å²) in [6, 6.07) is 11.2. The second-order valence-corrected chi connectivity index (χ2v) is 9.32. The van der Waals surface area contributed by atoms with E-state index in [2.05, 4.69) is 10.3 Å². The first-order valence-electron chi connectivity index (χ1n) is 10.3. The Balaban J connectivity index is 1.55. The van der Waals surface area contributed by atoms with Crippen LogP contribution in [0, 0.1) is 12.8 Å². The molecule has 3 heterocycles. The molecule has 0 spiro atoms. The van der Waals surface area contributed by atoms with Crippen molar-refractivity contribution in [2.24, 2.45) is 5.92 Å². The molecule has 1 aliphatic heterocycles. The average Bonchev–Trinajstić information content (AvgIpc) is 3.49. The van der Waals surface area contributed by atoms with Crippen molar-refractivity contribution in [3.8, 4) is 0 Å². The summed E-state index contributed by atoms with van der Waals surface area (Å²) in [4.78, 5) is 44.9. The number of aromatic nitrogens is 1. The maximum absolute atomic E-state index is 13.2. The number of aryl methyl sites for hydroxylation is 1. The summed E-state index contributed by atoms with van der Waals surface area (Å²) in [5.74, 6) is -1.26. The molecule has 166 valence electrons. The van der Waals surface area contributed by atoms with E-state index < -0.39 is 5.92 Å². The van der Waals surface area contributed by atoms with Crippen molar-refractivity contribution in [3.63, 3.8) is 0 Å². The van der Waals surface area contributed by atoms with Crippen molar-refractivity contribution in [2.75, 3.05) is 16.8 Å². The molecule has 32 heavy (non-hydrogen) atoms. The number of esters is 1. The molecule has 2 amide bonds. The first kappa shape index (κ1) is 22.2. The summed E-state index contributed by atoms with van der Waals surface area (Å²) in [7, 11) is 0. The third-order valence-electron chi connectivity index (χ3n) is 5.22. The van der Waals surface area contributed by atoms with Gasteiger partial charge < -0.3 is 15.0 Å². The molecule has 1 saturated heterocycles. The predicted octanol–water partition coefficient (Wildman–Crippen LogP) is 4.35. The predicted molar refractivity (Wildman–Crippen MR) is 125 cm³/mol. The molecule has 1 aromatic carbocycles. The fraction of sp³-hybridized carbons (Fsp3) is 0.304. The number of nitrogens with one attached hydrogen (secondary N) is 1. The quantitative estimate of drug-likeness (QED) is 0.520. The van der Waals surface area contributed by atoms with E-state index in [1.54, 1.807) is 17.2 Å². The van der Waals surface area contributed by atoms with Crippen LogP contribution >= 0.6 is 22.7 Å². The van der Waals surface area contributed by atoms with Crippen molar-refractivity contribution >= 4 is 51.3 Å². The van der Waals surface area contributed by atoms with E-state index in [0.29, 0.717) is 17.4 Å². The van der Waals surface area contributed by atoms with Gasteiger partial charge in [-0.05, 0) is 37.4 Å². The van der Waals surface area contributed by atoms with Gasteiger partial charge in [0.05, 0.1) is 30.7 Å². The van der Waals surface area contributed by atoms with Crippen LogP contribution in [0.3, 0.4) is 0 Å². The third kappa shape index (κ3) is 4.73. The van der Waals surface area contributed by atoms with Crippen molar-refractivity contribution in [3.05, 3.63) is 63.3 Å². The lowest BCUT2D eigenvalue weighted by atomic mass is 9.97. The minimum Gasteiger partial charge on any atom is -0.466 e. The Kier molecular flexibility index (Phi) is 6.66. The van der Waals surface area contributed by atoms with Gasteiger partial charge in [-0.15, -0.1) is 22.7 Å². The smallest absolute Gasteiger partial charge is 0.311 e. The van der Waals surface area contributed by atoms with Crippen molar-refractivity contribution in [1.29, 1.82) is 0 Å². The Bertz CT molecular complexity index is 1110. The van der Waals surface area contributed by atoms with Crippen LogP contribution in [0.2, 0.25) is 0 Å². The van der Waals surface area contributed by atoms with Gasteiger partial charge in [0, 0.05) is 22.4 Å². The number of hydrogen-bond donors (Lipinski definition) is 1. The highest BCUT2D eigenvalue weighted by molar-refractivity contribution is 7.14. The molecule has 0 saturated carbocycles. The number of thiophene rings is 1. The number of rotatable bonds is 7. The summed E-state index contributed by atoms with van der Waals surface area (Å²) in [6.45, 7) is 4.05. The van der Waals surface area contributed by atoms with E-state index in [4.69, 9.17) is 4.74 Å². The minimum absolute atomic E-state index is 0.0567. The number of hydrogen-bond acceptors (Lipinski definition) is 7. The Labute approximate surface area is 194 Å². The molecule has 9 heteroatoms. The highest BCUT2D eigenvalue weighted by atomic mass is 32.1. The fourth-order valence-electron chi connectivity index (χ4n) is 3.77. The van der Waals surface area contributed by atoms with Crippen LogP contribution in [-0.4, -0.2) is 29.4 Å². The Hall–Kier alpha value is -3.04. The lowest BCUT2D eigenvalue weighted by molar-refractivity contribution is -0.142. The van der Waals surface area contributed by atoms with E-state index >= 15 is 0 Å². The number of nitrogens with zero attached hydrogens (tertiary/aromatic N) is 2. The van der Waals surface area contributed by atoms with Gasteiger partial charge in [0.25, 0.3) is 0 Å². The van der Waals surface area contributed by atoms with Crippen molar-refractivity contribution < 1.29 is 19.1 Å². The molecule has 1 N–H and O–H groups in total. The number of ether oxygens (including phenoxy) is 1. The zero-order valence-electron chi connectivity index (χ0n) is 17.7. The van der Waals surface area contributed by atoms with Crippen LogP contribution in [0.5, 0.6) is 0 Å². The average molecular weight is 470 g/mol. The number of carbonyl (C=O) groups is 3. The molecule has 1 fully saturated rings. The Morgan fingerprint density at radius 1 is 1.22 bits per heavy atom. The molecular weight excluding hydrogens is 446 g/mol. The zero-order chi connectivity index (χ0) is 22.7. The van der Waals surface area contributed by atoms with E-state index in [9.17, 15) is 14.4 Å². The van der Waals surface area contributed by atoms with Crippen LogP contribution in [0.15, 0.2) is 47.2 Å². The maximum Gasteiger partial charge on any atom is 0.311 e. The van der Waals surface area contributed by atoms with Gasteiger partial charge in [-0.2, -0.15) is 0 Å². The lowest BCUT2D eigenvalue weighted by Gasteiger charge is -2.27. The first-order valence-corrected chi connectivity index (χ1v) is 12.0. The van der Waals surface area contributed by atoms with Crippen molar-refractivity contribution in [1.82, 2.24) is 4.98 Å². The topological polar surface area (TPSA) is 88.6 Å². The second-order valence-electron chi connectivity index (χ2n) is 7.49. The SMILES string of the molecule is CCOC(=O)Cc1csc(NC(=O)C2CC(=O)N(c3ccc(C)cc3)C2c2cccs2)n1. The first-order chi connectivity index (χ1) is 15.5. The highest BCUT2D eigenvalue weighted by Crippen LogP contribution is 2.43. The summed E-state index contributed by atoms with van der Waals surface area (Å²) < 4.78 is 4.94. The van der Waals surface area contributed by atoms with Gasteiger partial charge in [0.1, 0.15) is 0 Å². The molecule has 2 aromatic heterocycles. The van der Waals surface area contributed by atoms with E-state index in [1.165, 1.54) is 22.7 Å². The van der Waals surface area contributed by atoms with Gasteiger partial charge in [-0.1, -0.05) is 23.8 Å². The van der Waals surface area contributed by atoms with Crippen LogP contribution < -0.4 is 10.2 Å². The lowest BCUT2D eigenvalue weighted by Crippen LogP contribution is -2.32. The van der Waals surface area contributed by atoms with Gasteiger partial charge in [-0.25, -0.2) is 4.98 Å². The summed E-state index contributed by atoms with van der Waals surface area (Å²) >= 11 is 2.78. The number of amides is 2. The standard InChI is InChI=1S/C23H23N3O4S2/c1-3-30-20(28)11-15-13-32-23(24-15)25-22(29)17-12-19(27)26(16-8-6-14(2)7-9-16)21(17)18-5-4-10-31-18/h4-10,13,17,21H,3,11-12H2,1-2H3,(H,24,25,29). The molecule has 3 aromatic rings. The molecular formula is C23H23N3O4S2. The summed E-state index contributed by atoms with van der Waals surface area (Å²) in [6.07, 6.45) is 0.171. The molecule has 2 unspecified atom stereocenters.